The molecule has 28 heavy (non-hydrogen) atoms. The second-order valence-electron chi connectivity index (χ2n) is 7.31. The first kappa shape index (κ1) is 19.1. The first-order valence-corrected chi connectivity index (χ1v) is 11.0. The van der Waals surface area contributed by atoms with Gasteiger partial charge in [0.25, 0.3) is 0 Å². The van der Waals surface area contributed by atoms with Crippen LogP contribution in [0.5, 0.6) is 5.75 Å². The molecule has 0 spiro atoms. The number of thioether (sulfide) groups is 1. The molecule has 7 nitrogen and oxygen atoms in total. The van der Waals surface area contributed by atoms with Crippen LogP contribution in [0.15, 0.2) is 29.4 Å². The summed E-state index contributed by atoms with van der Waals surface area (Å²) >= 11 is 1.47. The number of benzene rings is 1. The Morgan fingerprint density at radius 1 is 1.21 bits per heavy atom. The second-order valence-corrected chi connectivity index (χ2v) is 8.25. The third-order valence-corrected chi connectivity index (χ3v) is 6.14. The molecule has 2 aromatic rings. The Kier molecular flexibility index (Phi) is 6.04. The van der Waals surface area contributed by atoms with Gasteiger partial charge in [0.1, 0.15) is 5.75 Å². The first-order valence-electron chi connectivity index (χ1n) is 9.97. The lowest BCUT2D eigenvalue weighted by Gasteiger charge is -2.27. The van der Waals surface area contributed by atoms with E-state index in [0.29, 0.717) is 18.3 Å². The lowest BCUT2D eigenvalue weighted by atomic mass is 10.1. The molecule has 2 fully saturated rings. The molecule has 2 heterocycles. The molecular weight excluding hydrogens is 374 g/mol. The Balaban J connectivity index is 1.35. The molecule has 1 saturated heterocycles. The molecule has 1 aromatic carbocycles. The average molecular weight is 402 g/mol. The van der Waals surface area contributed by atoms with Crippen molar-refractivity contribution in [2.75, 3.05) is 30.9 Å². The van der Waals surface area contributed by atoms with Gasteiger partial charge in [-0.3, -0.25) is 9.36 Å². The summed E-state index contributed by atoms with van der Waals surface area (Å²) in [6, 6.07) is 8.21. The minimum atomic E-state index is -0.0132. The van der Waals surface area contributed by atoms with E-state index in [-0.39, 0.29) is 5.91 Å². The molecule has 8 heteroatoms. The molecule has 1 saturated carbocycles. The number of methoxy groups -OCH3 is 1. The zero-order valence-corrected chi connectivity index (χ0v) is 17.1. The Bertz CT molecular complexity index is 815. The van der Waals surface area contributed by atoms with Crippen molar-refractivity contribution < 1.29 is 9.53 Å². The molecule has 150 valence electrons. The SMILES string of the molecule is COc1ccccc1CNC(=O)CSc1nnc(N2CCCCC2)n1C1CC1. The van der Waals surface area contributed by atoms with Crippen LogP contribution < -0.4 is 15.0 Å². The topological polar surface area (TPSA) is 72.3 Å². The summed E-state index contributed by atoms with van der Waals surface area (Å²) in [4.78, 5) is 14.7. The first-order chi connectivity index (χ1) is 13.8. The van der Waals surface area contributed by atoms with E-state index < -0.39 is 0 Å². The maximum absolute atomic E-state index is 12.4. The van der Waals surface area contributed by atoms with Crippen molar-refractivity contribution in [2.45, 2.75) is 49.8 Å². The molecule has 0 atom stereocenters. The van der Waals surface area contributed by atoms with Gasteiger partial charge in [-0.05, 0) is 38.2 Å². The Morgan fingerprint density at radius 3 is 2.75 bits per heavy atom. The number of nitrogens with one attached hydrogen (secondary N) is 1. The summed E-state index contributed by atoms with van der Waals surface area (Å²) in [5.74, 6) is 2.09. The van der Waals surface area contributed by atoms with Crippen LogP contribution in [0.3, 0.4) is 0 Å². The number of amides is 1. The molecule has 1 N–H and O–H groups in total. The van der Waals surface area contributed by atoms with Gasteiger partial charge in [-0.25, -0.2) is 0 Å². The highest BCUT2D eigenvalue weighted by Crippen LogP contribution is 2.41. The van der Waals surface area contributed by atoms with E-state index in [2.05, 4.69) is 25.0 Å². The fourth-order valence-corrected chi connectivity index (χ4v) is 4.38. The van der Waals surface area contributed by atoms with Crippen molar-refractivity contribution in [3.63, 3.8) is 0 Å². The maximum Gasteiger partial charge on any atom is 0.230 e. The standard InChI is InChI=1S/C20H27N5O2S/c1-27-17-8-4-3-7-15(17)13-21-18(26)14-28-20-23-22-19(25(20)16-9-10-16)24-11-5-2-6-12-24/h3-4,7-8,16H,2,5-6,9-14H2,1H3,(H,21,26). The molecule has 1 aliphatic heterocycles. The van der Waals surface area contributed by atoms with Gasteiger partial charge >= 0.3 is 0 Å². The average Bonchev–Trinajstić information content (AvgIpc) is 3.50. The van der Waals surface area contributed by atoms with Gasteiger partial charge in [-0.2, -0.15) is 0 Å². The number of hydrogen-bond acceptors (Lipinski definition) is 6. The lowest BCUT2D eigenvalue weighted by Crippen LogP contribution is -2.32. The van der Waals surface area contributed by atoms with Crippen molar-refractivity contribution >= 4 is 23.6 Å². The van der Waals surface area contributed by atoms with Crippen LogP contribution in [0.4, 0.5) is 5.95 Å². The quantitative estimate of drug-likeness (QED) is 0.686. The van der Waals surface area contributed by atoms with Crippen LogP contribution in [0, 0.1) is 0 Å². The molecule has 1 aromatic heterocycles. The van der Waals surface area contributed by atoms with Gasteiger partial charge in [0, 0.05) is 31.2 Å². The lowest BCUT2D eigenvalue weighted by molar-refractivity contribution is -0.118. The Hall–Kier alpha value is -2.22. The van der Waals surface area contributed by atoms with Gasteiger partial charge < -0.3 is 15.0 Å². The van der Waals surface area contributed by atoms with Crippen molar-refractivity contribution in [3.8, 4) is 5.75 Å². The predicted molar refractivity (Wildman–Crippen MR) is 110 cm³/mol. The number of rotatable bonds is 8. The van der Waals surface area contributed by atoms with Gasteiger partial charge in [-0.1, -0.05) is 30.0 Å². The third kappa shape index (κ3) is 4.43. The normalized spacial score (nSPS) is 16.8. The fraction of sp³-hybridized carbons (Fsp3) is 0.550. The molecule has 1 amide bonds. The van der Waals surface area contributed by atoms with Gasteiger partial charge in [0.15, 0.2) is 5.16 Å². The Labute approximate surface area is 169 Å². The highest BCUT2D eigenvalue weighted by Gasteiger charge is 2.32. The molecule has 0 unspecified atom stereocenters. The van der Waals surface area contributed by atoms with Crippen molar-refractivity contribution in [1.82, 2.24) is 20.1 Å². The minimum Gasteiger partial charge on any atom is -0.496 e. The monoisotopic (exact) mass is 401 g/mol. The number of anilines is 1. The van der Waals surface area contributed by atoms with Crippen molar-refractivity contribution in [3.05, 3.63) is 29.8 Å². The molecule has 2 aliphatic rings. The number of para-hydroxylation sites is 1. The van der Waals surface area contributed by atoms with E-state index in [9.17, 15) is 4.79 Å². The molecule has 0 radical (unpaired) electrons. The van der Waals surface area contributed by atoms with Crippen LogP contribution in [0.2, 0.25) is 0 Å². The number of carbonyl (C=O) groups is 1. The molecular formula is C20H27N5O2S. The summed E-state index contributed by atoms with van der Waals surface area (Å²) in [7, 11) is 1.64. The number of hydrogen-bond donors (Lipinski definition) is 1. The van der Waals surface area contributed by atoms with Gasteiger partial charge in [0.05, 0.1) is 12.9 Å². The van der Waals surface area contributed by atoms with E-state index >= 15 is 0 Å². The smallest absolute Gasteiger partial charge is 0.230 e. The number of piperidine rings is 1. The molecule has 1 aliphatic carbocycles. The van der Waals surface area contributed by atoms with Crippen LogP contribution in [-0.2, 0) is 11.3 Å². The van der Waals surface area contributed by atoms with Crippen LogP contribution in [-0.4, -0.2) is 46.6 Å². The largest absolute Gasteiger partial charge is 0.496 e. The fourth-order valence-electron chi connectivity index (χ4n) is 3.55. The summed E-state index contributed by atoms with van der Waals surface area (Å²) in [6.07, 6.45) is 6.07. The predicted octanol–water partition coefficient (Wildman–Crippen LogP) is 3.02. The van der Waals surface area contributed by atoms with Crippen LogP contribution in [0.25, 0.3) is 0 Å². The number of nitrogens with zero attached hydrogens (tertiary/aromatic N) is 4. The summed E-state index contributed by atoms with van der Waals surface area (Å²) in [5.41, 5.74) is 0.969. The van der Waals surface area contributed by atoms with E-state index in [1.54, 1.807) is 7.11 Å². The van der Waals surface area contributed by atoms with Crippen molar-refractivity contribution in [2.24, 2.45) is 0 Å². The zero-order valence-electron chi connectivity index (χ0n) is 16.3. The van der Waals surface area contributed by atoms with E-state index in [4.69, 9.17) is 4.74 Å². The van der Waals surface area contributed by atoms with Crippen LogP contribution in [0.1, 0.15) is 43.7 Å². The van der Waals surface area contributed by atoms with E-state index in [1.807, 2.05) is 24.3 Å². The third-order valence-electron chi connectivity index (χ3n) is 5.20. The number of carbonyl (C=O) groups excluding carboxylic acids is 1. The second kappa shape index (κ2) is 8.86. The summed E-state index contributed by atoms with van der Waals surface area (Å²) in [5, 5.41) is 12.7. The van der Waals surface area contributed by atoms with Crippen molar-refractivity contribution in [1.29, 1.82) is 0 Å². The maximum atomic E-state index is 12.4. The number of aromatic nitrogens is 3. The highest BCUT2D eigenvalue weighted by molar-refractivity contribution is 7.99. The summed E-state index contributed by atoms with van der Waals surface area (Å²) < 4.78 is 7.59. The zero-order chi connectivity index (χ0) is 19.3. The summed E-state index contributed by atoms with van der Waals surface area (Å²) in [6.45, 7) is 2.56. The van der Waals surface area contributed by atoms with Gasteiger partial charge in [0.2, 0.25) is 11.9 Å². The molecule has 4 rings (SSSR count). The Morgan fingerprint density at radius 2 is 2.00 bits per heavy atom. The minimum absolute atomic E-state index is 0.0132. The van der Waals surface area contributed by atoms with Gasteiger partial charge in [-0.15, -0.1) is 10.2 Å². The van der Waals surface area contributed by atoms with Crippen LogP contribution >= 0.6 is 11.8 Å². The van der Waals surface area contributed by atoms with E-state index in [0.717, 1.165) is 35.5 Å². The highest BCUT2D eigenvalue weighted by atomic mass is 32.2. The van der Waals surface area contributed by atoms with E-state index in [1.165, 1.54) is 43.9 Å². The number of ether oxygens (including phenoxy) is 1. The molecule has 0 bridgehead atoms.